The van der Waals surface area contributed by atoms with Crippen molar-refractivity contribution in [1.82, 2.24) is 14.5 Å². The second-order valence-electron chi connectivity index (χ2n) is 5.46. The van der Waals surface area contributed by atoms with Crippen LogP contribution in [0.5, 0.6) is 0 Å². The van der Waals surface area contributed by atoms with Crippen molar-refractivity contribution in [3.05, 3.63) is 54.4 Å². The van der Waals surface area contributed by atoms with Crippen LogP contribution < -0.4 is 0 Å². The lowest BCUT2D eigenvalue weighted by Gasteiger charge is -2.11. The molecule has 1 amide bonds. The molecule has 2 heterocycles. The van der Waals surface area contributed by atoms with Crippen LogP contribution in [0.3, 0.4) is 0 Å². The summed E-state index contributed by atoms with van der Waals surface area (Å²) in [6.45, 7) is -0.00414. The molecule has 0 unspecified atom stereocenters. The van der Waals surface area contributed by atoms with Gasteiger partial charge in [-0.05, 0) is 12.1 Å². The van der Waals surface area contributed by atoms with E-state index >= 15 is 0 Å². The van der Waals surface area contributed by atoms with Gasteiger partial charge in [-0.1, -0.05) is 18.2 Å². The average Bonchev–Trinajstić information content (AvgIpc) is 2.83. The third-order valence-electron chi connectivity index (χ3n) is 3.66. The number of benzene rings is 1. The maximum absolute atomic E-state index is 14.0. The lowest BCUT2D eigenvalue weighted by molar-refractivity contribution is -0.129. The number of rotatable bonds is 3. The summed E-state index contributed by atoms with van der Waals surface area (Å²) in [5.74, 6) is -1.05. The fourth-order valence-corrected chi connectivity index (χ4v) is 2.38. The first-order chi connectivity index (χ1) is 11.0. The molecule has 6 heteroatoms. The summed E-state index contributed by atoms with van der Waals surface area (Å²) in [6.07, 6.45) is 2.67. The first kappa shape index (κ1) is 15.1. The lowest BCUT2D eigenvalue weighted by atomic mass is 10.1. The van der Waals surface area contributed by atoms with Crippen molar-refractivity contribution in [3.8, 4) is 11.1 Å². The highest BCUT2D eigenvalue weighted by atomic mass is 19.1. The van der Waals surface area contributed by atoms with E-state index in [1.807, 2.05) is 0 Å². The van der Waals surface area contributed by atoms with Crippen LogP contribution in [0.2, 0.25) is 0 Å². The van der Waals surface area contributed by atoms with Gasteiger partial charge in [0, 0.05) is 37.6 Å². The molecule has 0 radical (unpaired) electrons. The van der Waals surface area contributed by atoms with Crippen LogP contribution in [0, 0.1) is 11.6 Å². The summed E-state index contributed by atoms with van der Waals surface area (Å²) in [7, 11) is 3.26. The molecule has 0 N–H and O–H groups in total. The van der Waals surface area contributed by atoms with Gasteiger partial charge in [0.25, 0.3) is 0 Å². The molecule has 23 heavy (non-hydrogen) atoms. The number of aromatic nitrogens is 2. The molecule has 0 saturated heterocycles. The maximum Gasteiger partial charge on any atom is 0.241 e. The Labute approximate surface area is 132 Å². The Morgan fingerprint density at radius 2 is 1.96 bits per heavy atom. The van der Waals surface area contributed by atoms with Gasteiger partial charge in [-0.2, -0.15) is 0 Å². The third-order valence-corrected chi connectivity index (χ3v) is 3.66. The minimum Gasteiger partial charge on any atom is -0.347 e. The maximum atomic E-state index is 14.0. The standard InChI is InChI=1S/C17H15F2N3O/c1-21(2)16(23)10-22-9-14(19)17-15(22)7-11(8-20-17)12-5-3-4-6-13(12)18/h3-9H,10H2,1-2H3. The highest BCUT2D eigenvalue weighted by Gasteiger charge is 2.15. The molecule has 0 saturated carbocycles. The van der Waals surface area contributed by atoms with Gasteiger partial charge < -0.3 is 9.47 Å². The fourth-order valence-electron chi connectivity index (χ4n) is 2.38. The zero-order chi connectivity index (χ0) is 16.6. The molecule has 2 aromatic heterocycles. The highest BCUT2D eigenvalue weighted by molar-refractivity contribution is 5.84. The van der Waals surface area contributed by atoms with Crippen molar-refractivity contribution in [3.63, 3.8) is 0 Å². The predicted octanol–water partition coefficient (Wildman–Crippen LogP) is 3.07. The topological polar surface area (TPSA) is 38.1 Å². The smallest absolute Gasteiger partial charge is 0.241 e. The molecule has 0 spiro atoms. The van der Waals surface area contributed by atoms with E-state index in [4.69, 9.17) is 0 Å². The summed E-state index contributed by atoms with van der Waals surface area (Å²) in [4.78, 5) is 17.4. The Kier molecular flexibility index (Phi) is 3.82. The van der Waals surface area contributed by atoms with Gasteiger partial charge in [0.15, 0.2) is 5.82 Å². The molecule has 0 aliphatic carbocycles. The number of carbonyl (C=O) groups is 1. The first-order valence-corrected chi connectivity index (χ1v) is 7.07. The molecule has 0 atom stereocenters. The van der Waals surface area contributed by atoms with Gasteiger partial charge in [0.2, 0.25) is 5.91 Å². The highest BCUT2D eigenvalue weighted by Crippen LogP contribution is 2.27. The molecular formula is C17H15F2N3O. The molecule has 0 bridgehead atoms. The van der Waals surface area contributed by atoms with Gasteiger partial charge in [-0.3, -0.25) is 9.78 Å². The second kappa shape index (κ2) is 5.79. The SMILES string of the molecule is CN(C)C(=O)Cn1cc(F)c2ncc(-c3ccccc3F)cc21. The largest absolute Gasteiger partial charge is 0.347 e. The number of hydrogen-bond acceptors (Lipinski definition) is 2. The Balaban J connectivity index is 2.11. The zero-order valence-electron chi connectivity index (χ0n) is 12.8. The predicted molar refractivity (Wildman–Crippen MR) is 83.8 cm³/mol. The number of fused-ring (bicyclic) bond motifs is 1. The summed E-state index contributed by atoms with van der Waals surface area (Å²) in [5.41, 5.74) is 1.54. The van der Waals surface area contributed by atoms with E-state index in [0.717, 1.165) is 0 Å². The van der Waals surface area contributed by atoms with E-state index in [9.17, 15) is 13.6 Å². The minimum atomic E-state index is -0.508. The molecular weight excluding hydrogens is 300 g/mol. The van der Waals surface area contributed by atoms with Gasteiger partial charge in [-0.25, -0.2) is 8.78 Å². The first-order valence-electron chi connectivity index (χ1n) is 7.07. The average molecular weight is 315 g/mol. The molecule has 1 aromatic carbocycles. The van der Waals surface area contributed by atoms with Crippen LogP contribution in [0.15, 0.2) is 42.7 Å². The molecule has 0 fully saturated rings. The number of carbonyl (C=O) groups excluding carboxylic acids is 1. The Morgan fingerprint density at radius 3 is 2.65 bits per heavy atom. The van der Waals surface area contributed by atoms with Crippen molar-refractivity contribution in [1.29, 1.82) is 0 Å². The minimum absolute atomic E-state index is 0.00414. The quantitative estimate of drug-likeness (QED) is 0.745. The lowest BCUT2D eigenvalue weighted by Crippen LogP contribution is -2.25. The molecule has 4 nitrogen and oxygen atoms in total. The molecule has 3 rings (SSSR count). The van der Waals surface area contributed by atoms with Gasteiger partial charge in [-0.15, -0.1) is 0 Å². The number of likely N-dealkylation sites (N-methyl/N-ethyl adjacent to an activating group) is 1. The number of nitrogens with zero attached hydrogens (tertiary/aromatic N) is 3. The van der Waals surface area contributed by atoms with Crippen molar-refractivity contribution in [2.45, 2.75) is 6.54 Å². The van der Waals surface area contributed by atoms with E-state index in [0.29, 0.717) is 16.6 Å². The Hall–Kier alpha value is -2.76. The normalized spacial score (nSPS) is 11.0. The molecule has 3 aromatic rings. The van der Waals surface area contributed by atoms with Crippen molar-refractivity contribution < 1.29 is 13.6 Å². The van der Waals surface area contributed by atoms with Crippen LogP contribution >= 0.6 is 0 Å². The Morgan fingerprint density at radius 1 is 1.22 bits per heavy atom. The van der Waals surface area contributed by atoms with E-state index < -0.39 is 5.82 Å². The number of halogens is 2. The summed E-state index contributed by atoms with van der Waals surface area (Å²) in [5, 5.41) is 0. The van der Waals surface area contributed by atoms with Crippen LogP contribution in [0.25, 0.3) is 22.2 Å². The van der Waals surface area contributed by atoms with Gasteiger partial charge in [0.1, 0.15) is 17.9 Å². The number of hydrogen-bond donors (Lipinski definition) is 0. The van der Waals surface area contributed by atoms with Gasteiger partial charge >= 0.3 is 0 Å². The molecule has 0 aliphatic heterocycles. The van der Waals surface area contributed by atoms with E-state index in [-0.39, 0.29) is 23.8 Å². The number of amides is 1. The van der Waals surface area contributed by atoms with E-state index in [1.54, 1.807) is 38.4 Å². The summed E-state index contributed by atoms with van der Waals surface area (Å²) >= 11 is 0. The fraction of sp³-hybridized carbons (Fsp3) is 0.176. The number of pyridine rings is 1. The van der Waals surface area contributed by atoms with Crippen LogP contribution in [0.1, 0.15) is 0 Å². The summed E-state index contributed by atoms with van der Waals surface area (Å²) < 4.78 is 29.4. The molecule has 0 aliphatic rings. The second-order valence-corrected chi connectivity index (χ2v) is 5.46. The van der Waals surface area contributed by atoms with Crippen LogP contribution in [-0.2, 0) is 11.3 Å². The van der Waals surface area contributed by atoms with Gasteiger partial charge in [0.05, 0.1) is 5.52 Å². The van der Waals surface area contributed by atoms with Crippen LogP contribution in [0.4, 0.5) is 8.78 Å². The Bertz CT molecular complexity index is 887. The van der Waals surface area contributed by atoms with Crippen LogP contribution in [-0.4, -0.2) is 34.5 Å². The monoisotopic (exact) mass is 315 g/mol. The van der Waals surface area contributed by atoms with E-state index in [2.05, 4.69) is 4.98 Å². The van der Waals surface area contributed by atoms with E-state index in [1.165, 1.54) is 27.9 Å². The zero-order valence-corrected chi connectivity index (χ0v) is 12.8. The summed E-state index contributed by atoms with van der Waals surface area (Å²) in [6, 6.07) is 7.95. The van der Waals surface area contributed by atoms with Crippen molar-refractivity contribution in [2.24, 2.45) is 0 Å². The molecule has 118 valence electrons. The third kappa shape index (κ3) is 2.79. The van der Waals surface area contributed by atoms with Crippen molar-refractivity contribution in [2.75, 3.05) is 14.1 Å². The van der Waals surface area contributed by atoms with Crippen molar-refractivity contribution >= 4 is 16.9 Å².